The van der Waals surface area contributed by atoms with Crippen molar-refractivity contribution in [1.82, 2.24) is 19.4 Å². The molecule has 1 atom stereocenters. The second-order valence-corrected chi connectivity index (χ2v) is 7.90. The summed E-state index contributed by atoms with van der Waals surface area (Å²) in [6.45, 7) is 3.27. The lowest BCUT2D eigenvalue weighted by atomic mass is 9.94. The van der Waals surface area contributed by atoms with Crippen LogP contribution in [-0.4, -0.2) is 38.1 Å². The van der Waals surface area contributed by atoms with E-state index in [1.54, 1.807) is 0 Å². The molecule has 154 valence electrons. The number of nitrogens with zero attached hydrogens (tertiary/aromatic N) is 2. The highest BCUT2D eigenvalue weighted by Crippen LogP contribution is 2.38. The molecular formula is C22H28N4O3. The summed E-state index contributed by atoms with van der Waals surface area (Å²) < 4.78 is 1.30. The number of fused-ring (bicyclic) bond motifs is 3. The summed E-state index contributed by atoms with van der Waals surface area (Å²) in [5.74, 6) is -0.224. The number of rotatable bonds is 6. The van der Waals surface area contributed by atoms with Gasteiger partial charge in [0, 0.05) is 29.7 Å². The third-order valence-corrected chi connectivity index (χ3v) is 5.99. The normalized spacial score (nSPS) is 17.0. The molecular weight excluding hydrogens is 368 g/mol. The fourth-order valence-corrected chi connectivity index (χ4v) is 4.45. The highest BCUT2D eigenvalue weighted by atomic mass is 16.3. The molecule has 7 heteroatoms. The number of hydrogen-bond acceptors (Lipinski definition) is 4. The Morgan fingerprint density at radius 2 is 1.93 bits per heavy atom. The minimum absolute atomic E-state index is 0.224. The van der Waals surface area contributed by atoms with Crippen LogP contribution in [0, 0.1) is 0 Å². The predicted octanol–water partition coefficient (Wildman–Crippen LogP) is 2.88. The maximum atomic E-state index is 12.8. The minimum Gasteiger partial charge on any atom is -0.494 e. The van der Waals surface area contributed by atoms with Crippen LogP contribution in [0.3, 0.4) is 0 Å². The number of aromatic nitrogens is 3. The van der Waals surface area contributed by atoms with Gasteiger partial charge in [-0.05, 0) is 31.5 Å². The molecule has 0 fully saturated rings. The van der Waals surface area contributed by atoms with Gasteiger partial charge >= 0.3 is 5.69 Å². The summed E-state index contributed by atoms with van der Waals surface area (Å²) in [4.78, 5) is 33.1. The van der Waals surface area contributed by atoms with Gasteiger partial charge in [0.25, 0.3) is 5.56 Å². The standard InChI is InChI=1S/C22H28N4O3/c1-3-4-5-8-12-26-21(28)17(20(27)24-22(26)29)19-18-15(11-13-25(19)2)14-9-6-7-10-16(14)23-18/h6-7,9-10,19,23,28H,3-5,8,11-13H2,1-2H3,(H,24,27,29)/t19-/m1/s1. The van der Waals surface area contributed by atoms with Gasteiger partial charge in [0.2, 0.25) is 5.88 Å². The first-order chi connectivity index (χ1) is 14.0. The van der Waals surface area contributed by atoms with E-state index in [1.165, 1.54) is 10.1 Å². The number of unbranched alkanes of at least 4 members (excludes halogenated alkanes) is 3. The lowest BCUT2D eigenvalue weighted by Gasteiger charge is -2.33. The summed E-state index contributed by atoms with van der Waals surface area (Å²) in [7, 11) is 1.94. The van der Waals surface area contributed by atoms with Crippen molar-refractivity contribution in [2.75, 3.05) is 13.6 Å². The predicted molar refractivity (Wildman–Crippen MR) is 114 cm³/mol. The smallest absolute Gasteiger partial charge is 0.331 e. The largest absolute Gasteiger partial charge is 0.494 e. The first kappa shape index (κ1) is 19.5. The van der Waals surface area contributed by atoms with Crippen molar-refractivity contribution in [3.05, 3.63) is 61.9 Å². The lowest BCUT2D eigenvalue weighted by molar-refractivity contribution is 0.249. The fraction of sp³-hybridized carbons (Fsp3) is 0.455. The molecule has 1 aliphatic heterocycles. The van der Waals surface area contributed by atoms with E-state index < -0.39 is 17.3 Å². The maximum absolute atomic E-state index is 12.8. The molecule has 3 aromatic rings. The van der Waals surface area contributed by atoms with Gasteiger partial charge in [-0.1, -0.05) is 44.4 Å². The molecule has 7 nitrogen and oxygen atoms in total. The molecule has 0 amide bonds. The first-order valence-corrected chi connectivity index (χ1v) is 10.4. The van der Waals surface area contributed by atoms with Crippen LogP contribution in [0.5, 0.6) is 5.88 Å². The van der Waals surface area contributed by atoms with Crippen molar-refractivity contribution in [2.24, 2.45) is 0 Å². The van der Waals surface area contributed by atoms with Gasteiger partial charge < -0.3 is 10.1 Å². The van der Waals surface area contributed by atoms with Crippen LogP contribution in [0.25, 0.3) is 10.9 Å². The van der Waals surface area contributed by atoms with Crippen LogP contribution in [0.15, 0.2) is 33.9 Å². The molecule has 2 aromatic heterocycles. The maximum Gasteiger partial charge on any atom is 0.331 e. The van der Waals surface area contributed by atoms with Gasteiger partial charge in [0.05, 0.1) is 6.04 Å². The van der Waals surface area contributed by atoms with Gasteiger partial charge in [-0.3, -0.25) is 19.2 Å². The first-order valence-electron chi connectivity index (χ1n) is 10.4. The average molecular weight is 396 g/mol. The van der Waals surface area contributed by atoms with Crippen molar-refractivity contribution in [3.8, 4) is 5.88 Å². The fourth-order valence-electron chi connectivity index (χ4n) is 4.45. The van der Waals surface area contributed by atoms with E-state index >= 15 is 0 Å². The van der Waals surface area contributed by atoms with E-state index in [0.29, 0.717) is 6.54 Å². The van der Waals surface area contributed by atoms with Crippen LogP contribution in [-0.2, 0) is 13.0 Å². The molecule has 4 rings (SSSR count). The highest BCUT2D eigenvalue weighted by molar-refractivity contribution is 5.85. The van der Waals surface area contributed by atoms with Crippen LogP contribution in [0.4, 0.5) is 0 Å². The molecule has 0 spiro atoms. The zero-order chi connectivity index (χ0) is 20.5. The molecule has 3 heterocycles. The van der Waals surface area contributed by atoms with Gasteiger partial charge in [-0.25, -0.2) is 4.79 Å². The van der Waals surface area contributed by atoms with Gasteiger partial charge in [0.15, 0.2) is 0 Å². The van der Waals surface area contributed by atoms with Crippen LogP contribution >= 0.6 is 0 Å². The molecule has 0 aliphatic carbocycles. The summed E-state index contributed by atoms with van der Waals surface area (Å²) >= 11 is 0. The Hall–Kier alpha value is -2.80. The number of H-pyrrole nitrogens is 2. The summed E-state index contributed by atoms with van der Waals surface area (Å²) in [5.41, 5.74) is 2.25. The molecule has 3 N–H and O–H groups in total. The summed E-state index contributed by atoms with van der Waals surface area (Å²) in [5, 5.41) is 12.1. The van der Waals surface area contributed by atoms with E-state index in [0.717, 1.165) is 55.2 Å². The second-order valence-electron chi connectivity index (χ2n) is 7.90. The van der Waals surface area contributed by atoms with Gasteiger partial charge in [-0.2, -0.15) is 0 Å². The Labute approximate surface area is 169 Å². The third-order valence-electron chi connectivity index (χ3n) is 5.99. The number of benzene rings is 1. The molecule has 0 bridgehead atoms. The summed E-state index contributed by atoms with van der Waals surface area (Å²) in [6, 6.07) is 7.64. The SMILES string of the molecule is CCCCCCn1c(O)c([C@@H]2c3[nH]c4ccccc4c3CCN2C)c(=O)[nH]c1=O. The van der Waals surface area contributed by atoms with Crippen LogP contribution < -0.4 is 11.2 Å². The number of hydrogen-bond donors (Lipinski definition) is 3. The van der Waals surface area contributed by atoms with Crippen molar-refractivity contribution in [3.63, 3.8) is 0 Å². The Balaban J connectivity index is 1.82. The lowest BCUT2D eigenvalue weighted by Crippen LogP contribution is -2.40. The van der Waals surface area contributed by atoms with Crippen molar-refractivity contribution < 1.29 is 5.11 Å². The quantitative estimate of drug-likeness (QED) is 0.559. The molecule has 1 aliphatic rings. The number of aromatic hydroxyl groups is 1. The van der Waals surface area contributed by atoms with E-state index in [2.05, 4.69) is 23.0 Å². The second kappa shape index (κ2) is 7.91. The van der Waals surface area contributed by atoms with Crippen LogP contribution in [0.2, 0.25) is 0 Å². The molecule has 0 saturated heterocycles. The minimum atomic E-state index is -0.553. The van der Waals surface area contributed by atoms with E-state index in [1.807, 2.05) is 30.1 Å². The molecule has 29 heavy (non-hydrogen) atoms. The van der Waals surface area contributed by atoms with Crippen molar-refractivity contribution >= 4 is 10.9 Å². The van der Waals surface area contributed by atoms with Gasteiger partial charge in [-0.15, -0.1) is 0 Å². The number of para-hydroxylation sites is 1. The van der Waals surface area contributed by atoms with E-state index in [9.17, 15) is 14.7 Å². The zero-order valence-electron chi connectivity index (χ0n) is 17.0. The Kier molecular flexibility index (Phi) is 5.32. The van der Waals surface area contributed by atoms with Crippen molar-refractivity contribution in [2.45, 2.75) is 51.6 Å². The average Bonchev–Trinajstić information content (AvgIpc) is 3.07. The summed E-state index contributed by atoms with van der Waals surface area (Å²) in [6.07, 6.45) is 4.79. The van der Waals surface area contributed by atoms with E-state index in [-0.39, 0.29) is 11.4 Å². The highest BCUT2D eigenvalue weighted by Gasteiger charge is 2.34. The molecule has 0 unspecified atom stereocenters. The van der Waals surface area contributed by atoms with Crippen LogP contribution in [0.1, 0.15) is 55.5 Å². The number of aromatic amines is 2. The number of likely N-dealkylation sites (N-methyl/N-ethyl adjacent to an activating group) is 1. The molecule has 1 aromatic carbocycles. The topological polar surface area (TPSA) is 94.1 Å². The van der Waals surface area contributed by atoms with Crippen molar-refractivity contribution in [1.29, 1.82) is 0 Å². The van der Waals surface area contributed by atoms with E-state index in [4.69, 9.17) is 0 Å². The molecule has 0 saturated carbocycles. The number of nitrogens with one attached hydrogen (secondary N) is 2. The third kappa shape index (κ3) is 3.40. The monoisotopic (exact) mass is 396 g/mol. The Morgan fingerprint density at radius 1 is 1.14 bits per heavy atom. The molecule has 0 radical (unpaired) electrons. The Bertz CT molecular complexity index is 1140. The Morgan fingerprint density at radius 3 is 2.72 bits per heavy atom. The van der Waals surface area contributed by atoms with Gasteiger partial charge in [0.1, 0.15) is 5.56 Å². The zero-order valence-corrected chi connectivity index (χ0v) is 17.0.